The highest BCUT2D eigenvalue weighted by atomic mass is 32.1. The highest BCUT2D eigenvalue weighted by Gasteiger charge is 2.26. The number of thiophene rings is 1. The van der Waals surface area contributed by atoms with Gasteiger partial charge in [-0.3, -0.25) is 9.59 Å². The van der Waals surface area contributed by atoms with Crippen LogP contribution in [0.15, 0.2) is 4.79 Å². The fourth-order valence-electron chi connectivity index (χ4n) is 3.28. The van der Waals surface area contributed by atoms with Crippen LogP contribution in [0.1, 0.15) is 60.1 Å². The van der Waals surface area contributed by atoms with Gasteiger partial charge in [0, 0.05) is 6.04 Å². The fraction of sp³-hybridized carbons (Fsp3) is 0.556. The molecule has 2 heterocycles. The van der Waals surface area contributed by atoms with Crippen molar-refractivity contribution < 1.29 is 14.3 Å². The van der Waals surface area contributed by atoms with E-state index in [0.29, 0.717) is 26.5 Å². The number of aryl methyl sites for hydroxylation is 2. The number of hydrogen-bond acceptors (Lipinski definition) is 6. The Morgan fingerprint density at radius 3 is 2.65 bits per heavy atom. The minimum Gasteiger partial charge on any atom is -0.448 e. The molecule has 1 saturated carbocycles. The molecule has 2 aromatic rings. The Morgan fingerprint density at radius 1 is 1.27 bits per heavy atom. The van der Waals surface area contributed by atoms with Crippen LogP contribution in [0.25, 0.3) is 10.2 Å². The van der Waals surface area contributed by atoms with Crippen molar-refractivity contribution in [1.82, 2.24) is 15.3 Å². The summed E-state index contributed by atoms with van der Waals surface area (Å²) in [6.45, 7) is 4.94. The molecule has 0 bridgehead atoms. The lowest BCUT2D eigenvalue weighted by atomic mass is 9.95. The Labute approximate surface area is 155 Å². The Bertz CT molecular complexity index is 896. The van der Waals surface area contributed by atoms with Crippen LogP contribution in [0.2, 0.25) is 0 Å². The molecule has 1 atom stereocenters. The fourth-order valence-corrected chi connectivity index (χ4v) is 4.39. The number of esters is 1. The van der Waals surface area contributed by atoms with E-state index >= 15 is 0 Å². The molecule has 2 N–H and O–H groups in total. The van der Waals surface area contributed by atoms with E-state index in [4.69, 9.17) is 4.74 Å². The van der Waals surface area contributed by atoms with Crippen molar-refractivity contribution in [3.63, 3.8) is 0 Å². The third-order valence-corrected chi connectivity index (χ3v) is 5.87. The van der Waals surface area contributed by atoms with Gasteiger partial charge in [0.05, 0.1) is 5.39 Å². The molecule has 140 valence electrons. The lowest BCUT2D eigenvalue weighted by molar-refractivity contribution is -0.130. The molecule has 0 saturated heterocycles. The zero-order valence-corrected chi connectivity index (χ0v) is 16.0. The van der Waals surface area contributed by atoms with E-state index in [1.165, 1.54) is 6.42 Å². The van der Waals surface area contributed by atoms with Crippen molar-refractivity contribution >= 4 is 33.4 Å². The first kappa shape index (κ1) is 18.6. The zero-order valence-electron chi connectivity index (χ0n) is 15.2. The number of rotatable bonds is 4. The summed E-state index contributed by atoms with van der Waals surface area (Å²) in [7, 11) is 0. The number of carbonyl (C=O) groups is 2. The first-order valence-electron chi connectivity index (χ1n) is 8.88. The van der Waals surface area contributed by atoms with Crippen molar-refractivity contribution in [3.05, 3.63) is 26.6 Å². The summed E-state index contributed by atoms with van der Waals surface area (Å²) in [5.74, 6) is -0.395. The number of amides is 1. The molecule has 1 aliphatic rings. The van der Waals surface area contributed by atoms with Crippen LogP contribution in [-0.2, 0) is 9.53 Å². The number of fused-ring (bicyclic) bond motifs is 1. The SMILES string of the molecule is Cc1nc2sc(C(=O)O[C@@H](C)C(=O)NC3CCCCC3)c(C)c2c(=O)[nH]1. The maximum Gasteiger partial charge on any atom is 0.349 e. The van der Waals surface area contributed by atoms with Crippen LogP contribution in [0.3, 0.4) is 0 Å². The smallest absolute Gasteiger partial charge is 0.349 e. The average molecular weight is 377 g/mol. The van der Waals surface area contributed by atoms with Gasteiger partial charge in [-0.2, -0.15) is 0 Å². The highest BCUT2D eigenvalue weighted by molar-refractivity contribution is 7.20. The van der Waals surface area contributed by atoms with Gasteiger partial charge in [-0.15, -0.1) is 11.3 Å². The van der Waals surface area contributed by atoms with Gasteiger partial charge in [0.25, 0.3) is 11.5 Å². The second-order valence-corrected chi connectivity index (χ2v) is 7.78. The van der Waals surface area contributed by atoms with Gasteiger partial charge >= 0.3 is 5.97 Å². The van der Waals surface area contributed by atoms with E-state index in [0.717, 1.165) is 37.0 Å². The molecule has 1 amide bonds. The van der Waals surface area contributed by atoms with Crippen molar-refractivity contribution in [1.29, 1.82) is 0 Å². The zero-order chi connectivity index (χ0) is 18.8. The summed E-state index contributed by atoms with van der Waals surface area (Å²) in [4.78, 5) is 44.6. The number of aromatic amines is 1. The minimum absolute atomic E-state index is 0.161. The van der Waals surface area contributed by atoms with Crippen LogP contribution >= 0.6 is 11.3 Å². The maximum atomic E-state index is 12.5. The Kier molecular flexibility index (Phi) is 5.41. The quantitative estimate of drug-likeness (QED) is 0.798. The van der Waals surface area contributed by atoms with Gasteiger partial charge in [-0.1, -0.05) is 19.3 Å². The Morgan fingerprint density at radius 2 is 1.96 bits per heavy atom. The first-order valence-corrected chi connectivity index (χ1v) is 9.70. The third-order valence-electron chi connectivity index (χ3n) is 4.71. The standard InChI is InChI=1S/C18H23N3O4S/c1-9-13-16(23)19-11(3)20-17(13)26-14(9)18(24)25-10(2)15(22)21-12-7-5-4-6-8-12/h10,12H,4-8H2,1-3H3,(H,21,22)(H,19,20,23)/t10-/m0/s1. The molecule has 0 radical (unpaired) electrons. The van der Waals surface area contributed by atoms with Crippen molar-refractivity contribution in [2.24, 2.45) is 0 Å². The van der Waals surface area contributed by atoms with E-state index in [2.05, 4.69) is 15.3 Å². The van der Waals surface area contributed by atoms with E-state index in [-0.39, 0.29) is 17.5 Å². The number of carbonyl (C=O) groups excluding carboxylic acids is 2. The molecule has 2 aromatic heterocycles. The van der Waals surface area contributed by atoms with Crippen LogP contribution in [-0.4, -0.2) is 34.0 Å². The molecule has 0 unspecified atom stereocenters. The predicted octanol–water partition coefficient (Wildman–Crippen LogP) is 2.60. The second-order valence-electron chi connectivity index (χ2n) is 6.78. The normalized spacial score (nSPS) is 16.4. The summed E-state index contributed by atoms with van der Waals surface area (Å²) in [6.07, 6.45) is 4.48. The van der Waals surface area contributed by atoms with Crippen molar-refractivity contribution in [2.45, 2.75) is 65.0 Å². The Balaban J connectivity index is 1.72. The predicted molar refractivity (Wildman–Crippen MR) is 99.6 cm³/mol. The second kappa shape index (κ2) is 7.57. The number of H-pyrrole nitrogens is 1. The third kappa shape index (κ3) is 3.80. The van der Waals surface area contributed by atoms with Crippen LogP contribution < -0.4 is 10.9 Å². The molecular formula is C18H23N3O4S. The molecule has 0 aliphatic heterocycles. The molecule has 3 rings (SSSR count). The molecule has 0 aromatic carbocycles. The number of ether oxygens (including phenoxy) is 1. The molecule has 1 aliphatic carbocycles. The first-order chi connectivity index (χ1) is 12.4. The number of hydrogen-bond donors (Lipinski definition) is 2. The lowest BCUT2D eigenvalue weighted by Crippen LogP contribution is -2.42. The Hall–Kier alpha value is -2.22. The number of nitrogens with zero attached hydrogens (tertiary/aromatic N) is 1. The molecular weight excluding hydrogens is 354 g/mol. The van der Waals surface area contributed by atoms with E-state index in [1.54, 1.807) is 20.8 Å². The summed E-state index contributed by atoms with van der Waals surface area (Å²) in [6, 6.07) is 0.161. The average Bonchev–Trinajstić information content (AvgIpc) is 2.92. The van der Waals surface area contributed by atoms with Crippen LogP contribution in [0.5, 0.6) is 0 Å². The van der Waals surface area contributed by atoms with Crippen molar-refractivity contribution in [3.8, 4) is 0 Å². The van der Waals surface area contributed by atoms with Gasteiger partial charge in [-0.25, -0.2) is 9.78 Å². The summed E-state index contributed by atoms with van der Waals surface area (Å²) >= 11 is 1.11. The van der Waals surface area contributed by atoms with Gasteiger partial charge in [0.15, 0.2) is 6.10 Å². The van der Waals surface area contributed by atoms with Gasteiger partial charge in [0.1, 0.15) is 15.5 Å². The summed E-state index contributed by atoms with van der Waals surface area (Å²) < 4.78 is 5.34. The van der Waals surface area contributed by atoms with Crippen molar-refractivity contribution in [2.75, 3.05) is 0 Å². The number of aromatic nitrogens is 2. The summed E-state index contributed by atoms with van der Waals surface area (Å²) in [5.41, 5.74) is 0.257. The minimum atomic E-state index is -0.887. The van der Waals surface area contributed by atoms with Crippen LogP contribution in [0.4, 0.5) is 0 Å². The van der Waals surface area contributed by atoms with E-state index < -0.39 is 12.1 Å². The lowest BCUT2D eigenvalue weighted by Gasteiger charge is -2.24. The van der Waals surface area contributed by atoms with Crippen LogP contribution in [0, 0.1) is 13.8 Å². The summed E-state index contributed by atoms with van der Waals surface area (Å²) in [5, 5.41) is 3.35. The topological polar surface area (TPSA) is 101 Å². The van der Waals surface area contributed by atoms with Gasteiger partial charge in [-0.05, 0) is 39.2 Å². The van der Waals surface area contributed by atoms with E-state index in [1.807, 2.05) is 0 Å². The highest BCUT2D eigenvalue weighted by Crippen LogP contribution is 2.28. The van der Waals surface area contributed by atoms with Gasteiger partial charge < -0.3 is 15.0 Å². The molecule has 1 fully saturated rings. The van der Waals surface area contributed by atoms with E-state index in [9.17, 15) is 14.4 Å². The molecule has 8 heteroatoms. The largest absolute Gasteiger partial charge is 0.448 e. The molecule has 0 spiro atoms. The van der Waals surface area contributed by atoms with Gasteiger partial charge in [0.2, 0.25) is 0 Å². The molecule has 26 heavy (non-hydrogen) atoms. The number of nitrogens with one attached hydrogen (secondary N) is 2. The monoisotopic (exact) mass is 377 g/mol. The molecule has 7 nitrogen and oxygen atoms in total. The maximum absolute atomic E-state index is 12.5.